The summed E-state index contributed by atoms with van der Waals surface area (Å²) < 4.78 is 6.66. The van der Waals surface area contributed by atoms with Crippen molar-refractivity contribution in [3.05, 3.63) is 53.6 Å². The number of amides is 3. The molecule has 2 saturated heterocycles. The standard InChI is InChI=1S/C29H37N3O5/c1-17(2)15-20(16-33)32-25-28(36)31(24-18(3)9-6-10-19(24)4)14-8-12-29(25)23(27(32)35)22-21(37-29)11-7-13-30(5)26(22)34/h6-12,17,20-23,25,33H,13-16H2,1-5H3/t20-,21-,22+,23+,25?,29+/m1/s1. The third-order valence-corrected chi connectivity index (χ3v) is 8.36. The lowest BCUT2D eigenvalue weighted by molar-refractivity contribution is -0.146. The van der Waals surface area contributed by atoms with Crippen LogP contribution in [0.5, 0.6) is 0 Å². The number of hydrogen-bond donors (Lipinski definition) is 1. The number of ether oxygens (including phenoxy) is 1. The van der Waals surface area contributed by atoms with Crippen molar-refractivity contribution >= 4 is 23.4 Å². The van der Waals surface area contributed by atoms with Crippen LogP contribution in [0.25, 0.3) is 0 Å². The van der Waals surface area contributed by atoms with Crippen molar-refractivity contribution in [1.82, 2.24) is 9.80 Å². The molecule has 8 nitrogen and oxygen atoms in total. The first-order valence-electron chi connectivity index (χ1n) is 13.2. The molecule has 37 heavy (non-hydrogen) atoms. The number of benzene rings is 1. The highest BCUT2D eigenvalue weighted by atomic mass is 16.5. The maximum absolute atomic E-state index is 14.6. The molecular weight excluding hydrogens is 470 g/mol. The lowest BCUT2D eigenvalue weighted by atomic mass is 9.77. The minimum atomic E-state index is -1.29. The number of rotatable bonds is 5. The van der Waals surface area contributed by atoms with Gasteiger partial charge in [0.2, 0.25) is 11.8 Å². The zero-order valence-corrected chi connectivity index (χ0v) is 22.3. The number of aryl methyl sites for hydroxylation is 2. The van der Waals surface area contributed by atoms with Crippen LogP contribution in [0.15, 0.2) is 42.5 Å². The van der Waals surface area contributed by atoms with Crippen molar-refractivity contribution in [3.8, 4) is 0 Å². The molecule has 1 aromatic carbocycles. The van der Waals surface area contributed by atoms with Gasteiger partial charge in [-0.3, -0.25) is 14.4 Å². The molecule has 4 aliphatic rings. The molecular formula is C29H37N3O5. The second-order valence-corrected chi connectivity index (χ2v) is 11.3. The van der Waals surface area contributed by atoms with Gasteiger partial charge in [-0.05, 0) is 37.3 Å². The largest absolute Gasteiger partial charge is 0.394 e. The average molecular weight is 508 g/mol. The third kappa shape index (κ3) is 3.84. The molecule has 1 unspecified atom stereocenters. The lowest BCUT2D eigenvalue weighted by Gasteiger charge is -2.39. The molecule has 4 heterocycles. The molecule has 0 aromatic heterocycles. The number of nitrogens with zero attached hydrogens (tertiary/aromatic N) is 3. The Bertz CT molecular complexity index is 1160. The molecule has 3 amide bonds. The van der Waals surface area contributed by atoms with Crippen LogP contribution in [0.3, 0.4) is 0 Å². The quantitative estimate of drug-likeness (QED) is 0.618. The van der Waals surface area contributed by atoms with Gasteiger partial charge in [-0.1, -0.05) is 56.4 Å². The van der Waals surface area contributed by atoms with E-state index >= 15 is 0 Å². The zero-order chi connectivity index (χ0) is 26.6. The smallest absolute Gasteiger partial charge is 0.253 e. The SMILES string of the molecule is Cc1cccc(C)c1N1CC=C[C@]23O[C@@H]4C=CCN(C)C(=O)[C@@H]4[C@H]2C(=O)N([C@@H](CO)CC(C)C)C3C1=O. The summed E-state index contributed by atoms with van der Waals surface area (Å²) in [6.07, 6.45) is 7.43. The number of likely N-dealkylation sites (tertiary alicyclic amines) is 1. The first-order valence-corrected chi connectivity index (χ1v) is 13.2. The van der Waals surface area contributed by atoms with Crippen LogP contribution in [0, 0.1) is 31.6 Å². The Morgan fingerprint density at radius 1 is 1.05 bits per heavy atom. The molecule has 0 bridgehead atoms. The fourth-order valence-electron chi connectivity index (χ4n) is 6.85. The van der Waals surface area contributed by atoms with E-state index in [1.807, 2.05) is 70.2 Å². The average Bonchev–Trinajstić information content (AvgIpc) is 3.18. The number of aliphatic hydroxyl groups excluding tert-OH is 1. The van der Waals surface area contributed by atoms with Crippen molar-refractivity contribution in [2.75, 3.05) is 31.6 Å². The highest BCUT2D eigenvalue weighted by molar-refractivity contribution is 6.06. The van der Waals surface area contributed by atoms with Crippen molar-refractivity contribution in [2.24, 2.45) is 17.8 Å². The summed E-state index contributed by atoms with van der Waals surface area (Å²) in [6.45, 7) is 8.49. The van der Waals surface area contributed by atoms with Crippen LogP contribution in [0.2, 0.25) is 0 Å². The van der Waals surface area contributed by atoms with Gasteiger partial charge in [-0.2, -0.15) is 0 Å². The van der Waals surface area contributed by atoms with Gasteiger partial charge in [0.1, 0.15) is 11.6 Å². The van der Waals surface area contributed by atoms with Gasteiger partial charge < -0.3 is 24.5 Å². The molecule has 0 radical (unpaired) electrons. The molecule has 1 N–H and O–H groups in total. The molecule has 4 aliphatic heterocycles. The van der Waals surface area contributed by atoms with Crippen molar-refractivity contribution in [3.63, 3.8) is 0 Å². The van der Waals surface area contributed by atoms with Gasteiger partial charge in [0.25, 0.3) is 5.91 Å². The van der Waals surface area contributed by atoms with Crippen LogP contribution < -0.4 is 4.90 Å². The fraction of sp³-hybridized carbons (Fsp3) is 0.552. The molecule has 5 rings (SSSR count). The molecule has 1 aromatic rings. The monoisotopic (exact) mass is 507 g/mol. The Kier molecular flexibility index (Phi) is 6.52. The van der Waals surface area contributed by atoms with E-state index in [0.717, 1.165) is 16.8 Å². The van der Waals surface area contributed by atoms with Crippen LogP contribution >= 0.6 is 0 Å². The van der Waals surface area contributed by atoms with Gasteiger partial charge in [0, 0.05) is 25.8 Å². The number of fused-ring (bicyclic) bond motifs is 2. The van der Waals surface area contributed by atoms with E-state index in [2.05, 4.69) is 0 Å². The highest BCUT2D eigenvalue weighted by Crippen LogP contribution is 2.54. The Labute approximate surface area is 218 Å². The number of hydrogen-bond acceptors (Lipinski definition) is 5. The van der Waals surface area contributed by atoms with Gasteiger partial charge in [-0.25, -0.2) is 0 Å². The fourth-order valence-corrected chi connectivity index (χ4v) is 6.85. The number of para-hydroxylation sites is 1. The van der Waals surface area contributed by atoms with Crippen LogP contribution in [0.1, 0.15) is 31.4 Å². The summed E-state index contributed by atoms with van der Waals surface area (Å²) >= 11 is 0. The molecule has 198 valence electrons. The van der Waals surface area contributed by atoms with Crippen molar-refractivity contribution in [1.29, 1.82) is 0 Å². The minimum Gasteiger partial charge on any atom is -0.394 e. The van der Waals surface area contributed by atoms with E-state index in [-0.39, 0.29) is 30.2 Å². The van der Waals surface area contributed by atoms with Crippen molar-refractivity contribution in [2.45, 2.75) is 57.9 Å². The molecule has 2 fully saturated rings. The third-order valence-electron chi connectivity index (χ3n) is 8.36. The predicted molar refractivity (Wildman–Crippen MR) is 140 cm³/mol. The number of likely N-dealkylation sites (N-methyl/N-ethyl adjacent to an activating group) is 1. The minimum absolute atomic E-state index is 0.160. The lowest BCUT2D eigenvalue weighted by Crippen LogP contribution is -2.58. The number of anilines is 1. The Balaban J connectivity index is 1.68. The van der Waals surface area contributed by atoms with E-state index in [0.29, 0.717) is 19.5 Å². The van der Waals surface area contributed by atoms with Crippen LogP contribution in [0.4, 0.5) is 5.69 Å². The molecule has 6 atom stereocenters. The topological polar surface area (TPSA) is 90.4 Å². The zero-order valence-electron chi connectivity index (χ0n) is 22.3. The normalized spacial score (nSPS) is 32.0. The van der Waals surface area contributed by atoms with E-state index in [4.69, 9.17) is 4.74 Å². The first kappa shape index (κ1) is 25.7. The second kappa shape index (κ2) is 9.40. The summed E-state index contributed by atoms with van der Waals surface area (Å²) in [7, 11) is 1.72. The van der Waals surface area contributed by atoms with E-state index in [1.165, 1.54) is 0 Å². The number of carbonyl (C=O) groups is 3. The summed E-state index contributed by atoms with van der Waals surface area (Å²) in [4.78, 5) is 47.3. The Hall–Kier alpha value is -2.97. The predicted octanol–water partition coefficient (Wildman–Crippen LogP) is 2.22. The Morgan fingerprint density at radius 2 is 1.76 bits per heavy atom. The number of aliphatic hydroxyl groups is 1. The highest BCUT2D eigenvalue weighted by Gasteiger charge is 2.72. The van der Waals surface area contributed by atoms with Gasteiger partial charge in [-0.15, -0.1) is 0 Å². The van der Waals surface area contributed by atoms with Crippen LogP contribution in [-0.2, 0) is 19.1 Å². The maximum atomic E-state index is 14.6. The first-order chi connectivity index (χ1) is 17.6. The second-order valence-electron chi connectivity index (χ2n) is 11.3. The van der Waals surface area contributed by atoms with Crippen LogP contribution in [-0.4, -0.2) is 83.2 Å². The maximum Gasteiger partial charge on any atom is 0.253 e. The van der Waals surface area contributed by atoms with Crippen molar-refractivity contribution < 1.29 is 24.2 Å². The molecule has 8 heteroatoms. The molecule has 0 aliphatic carbocycles. The molecule has 1 spiro atoms. The van der Waals surface area contributed by atoms with Gasteiger partial charge in [0.05, 0.1) is 30.6 Å². The van der Waals surface area contributed by atoms with E-state index in [9.17, 15) is 19.5 Å². The Morgan fingerprint density at radius 3 is 2.41 bits per heavy atom. The summed E-state index contributed by atoms with van der Waals surface area (Å²) in [6, 6.07) is 4.35. The summed E-state index contributed by atoms with van der Waals surface area (Å²) in [5.41, 5.74) is 1.45. The van der Waals surface area contributed by atoms with Gasteiger partial charge >= 0.3 is 0 Å². The number of carbonyl (C=O) groups excluding carboxylic acids is 3. The van der Waals surface area contributed by atoms with E-state index in [1.54, 1.807) is 21.7 Å². The van der Waals surface area contributed by atoms with E-state index < -0.39 is 35.6 Å². The summed E-state index contributed by atoms with van der Waals surface area (Å²) in [5, 5.41) is 10.4. The summed E-state index contributed by atoms with van der Waals surface area (Å²) in [5.74, 6) is -2.09. The van der Waals surface area contributed by atoms with Gasteiger partial charge in [0.15, 0.2) is 0 Å². The molecule has 0 saturated carbocycles.